The Morgan fingerprint density at radius 3 is 2.54 bits per heavy atom. The third-order valence-electron chi connectivity index (χ3n) is 3.31. The molecule has 0 saturated heterocycles. The summed E-state index contributed by atoms with van der Waals surface area (Å²) in [5, 5.41) is 11.8. The minimum atomic E-state index is -1.26. The van der Waals surface area contributed by atoms with Crippen LogP contribution < -0.4 is 5.32 Å². The van der Waals surface area contributed by atoms with E-state index in [4.69, 9.17) is 9.47 Å². The Kier molecular flexibility index (Phi) is 6.51. The van der Waals surface area contributed by atoms with E-state index >= 15 is 0 Å². The number of benzene rings is 1. The lowest BCUT2D eigenvalue weighted by Gasteiger charge is -2.06. The smallest absolute Gasteiger partial charge is 0.412 e. The van der Waals surface area contributed by atoms with Gasteiger partial charge >= 0.3 is 18.0 Å². The molecule has 0 atom stereocenters. The van der Waals surface area contributed by atoms with Gasteiger partial charge in [0.2, 0.25) is 0 Å². The Hall–Kier alpha value is -3.13. The molecule has 1 heterocycles. The maximum absolute atomic E-state index is 12.0. The van der Waals surface area contributed by atoms with Crippen LogP contribution in [-0.4, -0.2) is 29.7 Å². The molecule has 136 valence electrons. The molecule has 0 fully saturated rings. The fourth-order valence-electron chi connectivity index (χ4n) is 2.11. The van der Waals surface area contributed by atoms with Crippen molar-refractivity contribution < 1.29 is 29.0 Å². The summed E-state index contributed by atoms with van der Waals surface area (Å²) < 4.78 is 10.0. The third kappa shape index (κ3) is 4.70. The minimum absolute atomic E-state index is 0.000454. The third-order valence-corrected chi connectivity index (χ3v) is 4.49. The van der Waals surface area contributed by atoms with Crippen LogP contribution in [0.3, 0.4) is 0 Å². The van der Waals surface area contributed by atoms with Crippen LogP contribution in [0.1, 0.15) is 31.2 Å². The summed E-state index contributed by atoms with van der Waals surface area (Å²) in [5.74, 6) is -1.94. The number of hydrogen-bond donors (Lipinski definition) is 2. The molecule has 0 spiro atoms. The topological polar surface area (TPSA) is 102 Å². The monoisotopic (exact) mass is 375 g/mol. The molecule has 2 N–H and O–H groups in total. The van der Waals surface area contributed by atoms with Crippen LogP contribution in [-0.2, 0) is 16.1 Å². The van der Waals surface area contributed by atoms with Gasteiger partial charge in [0.05, 0.1) is 5.56 Å². The summed E-state index contributed by atoms with van der Waals surface area (Å²) in [5.41, 5.74) is 0.837. The van der Waals surface area contributed by atoms with Gasteiger partial charge in [0, 0.05) is 0 Å². The molecule has 7 nitrogen and oxygen atoms in total. The summed E-state index contributed by atoms with van der Waals surface area (Å²) in [6.45, 7) is 4.96. The molecule has 26 heavy (non-hydrogen) atoms. The van der Waals surface area contributed by atoms with Gasteiger partial charge in [-0.2, -0.15) is 0 Å². The number of rotatable bonds is 7. The highest BCUT2D eigenvalue weighted by molar-refractivity contribution is 7.18. The second-order valence-electron chi connectivity index (χ2n) is 5.14. The van der Waals surface area contributed by atoms with E-state index in [9.17, 15) is 19.5 Å². The Morgan fingerprint density at radius 2 is 1.92 bits per heavy atom. The van der Waals surface area contributed by atoms with Crippen molar-refractivity contribution in [1.29, 1.82) is 0 Å². The predicted octanol–water partition coefficient (Wildman–Crippen LogP) is 3.85. The number of carbonyl (C=O) groups is 3. The highest BCUT2D eigenvalue weighted by atomic mass is 32.1. The molecule has 2 rings (SSSR count). The van der Waals surface area contributed by atoms with Gasteiger partial charge in [-0.05, 0) is 18.1 Å². The normalized spacial score (nSPS) is 10.0. The van der Waals surface area contributed by atoms with Crippen molar-refractivity contribution in [3.8, 4) is 0 Å². The van der Waals surface area contributed by atoms with Crippen molar-refractivity contribution in [2.75, 3.05) is 11.9 Å². The van der Waals surface area contributed by atoms with Crippen LogP contribution >= 0.6 is 11.3 Å². The fraction of sp³-hybridized carbons (Fsp3) is 0.167. The number of ether oxygens (including phenoxy) is 2. The lowest BCUT2D eigenvalue weighted by atomic mass is 10.1. The van der Waals surface area contributed by atoms with E-state index in [0.717, 1.165) is 16.9 Å². The number of carboxylic acids is 1. The molecule has 0 unspecified atom stereocenters. The van der Waals surface area contributed by atoms with E-state index < -0.39 is 18.0 Å². The molecule has 2 aromatic rings. The molecule has 8 heteroatoms. The van der Waals surface area contributed by atoms with Crippen molar-refractivity contribution in [1.82, 2.24) is 0 Å². The van der Waals surface area contributed by atoms with Crippen LogP contribution in [0, 0.1) is 6.92 Å². The predicted molar refractivity (Wildman–Crippen MR) is 96.7 cm³/mol. The van der Waals surface area contributed by atoms with Crippen molar-refractivity contribution in [2.24, 2.45) is 0 Å². The first-order chi connectivity index (χ1) is 12.4. The van der Waals surface area contributed by atoms with Crippen LogP contribution in [0.4, 0.5) is 9.80 Å². The van der Waals surface area contributed by atoms with E-state index in [1.165, 1.54) is 13.0 Å². The summed E-state index contributed by atoms with van der Waals surface area (Å²) in [4.78, 5) is 35.6. The number of thiophene rings is 1. The quantitative estimate of drug-likeness (QED) is 0.563. The van der Waals surface area contributed by atoms with Crippen molar-refractivity contribution in [3.05, 3.63) is 64.6 Å². The number of aromatic carboxylic acids is 1. The average molecular weight is 375 g/mol. The fourth-order valence-corrected chi connectivity index (χ4v) is 3.18. The van der Waals surface area contributed by atoms with Crippen LogP contribution in [0.15, 0.2) is 43.0 Å². The highest BCUT2D eigenvalue weighted by Gasteiger charge is 2.26. The van der Waals surface area contributed by atoms with Crippen LogP contribution in [0.2, 0.25) is 0 Å². The molecular formula is C18H17NO6S. The van der Waals surface area contributed by atoms with Gasteiger partial charge in [0.25, 0.3) is 0 Å². The number of nitrogens with one attached hydrogen (secondary N) is 1. The van der Waals surface area contributed by atoms with Gasteiger partial charge in [-0.15, -0.1) is 11.3 Å². The van der Waals surface area contributed by atoms with Crippen molar-refractivity contribution >= 4 is 34.4 Å². The maximum Gasteiger partial charge on any atom is 0.412 e. The Labute approximate surface area is 153 Å². The largest absolute Gasteiger partial charge is 0.478 e. The Morgan fingerprint density at radius 1 is 1.23 bits per heavy atom. The second kappa shape index (κ2) is 8.82. The zero-order valence-electron chi connectivity index (χ0n) is 14.0. The molecule has 0 aliphatic rings. The van der Waals surface area contributed by atoms with E-state index in [-0.39, 0.29) is 34.2 Å². The summed E-state index contributed by atoms with van der Waals surface area (Å²) in [6.07, 6.45) is 0.586. The summed E-state index contributed by atoms with van der Waals surface area (Å²) >= 11 is 0.821. The Balaban J connectivity index is 2.14. The number of esters is 1. The van der Waals surface area contributed by atoms with Crippen molar-refractivity contribution in [2.45, 2.75) is 13.5 Å². The van der Waals surface area contributed by atoms with E-state index in [0.29, 0.717) is 0 Å². The lowest BCUT2D eigenvalue weighted by Crippen LogP contribution is -2.14. The van der Waals surface area contributed by atoms with Crippen LogP contribution in [0.25, 0.3) is 0 Å². The van der Waals surface area contributed by atoms with Gasteiger partial charge in [-0.3, -0.25) is 5.32 Å². The number of anilines is 1. The van der Waals surface area contributed by atoms with Gasteiger partial charge in [-0.1, -0.05) is 43.0 Å². The van der Waals surface area contributed by atoms with Gasteiger partial charge in [-0.25, -0.2) is 14.4 Å². The van der Waals surface area contributed by atoms with Crippen molar-refractivity contribution in [3.63, 3.8) is 0 Å². The summed E-state index contributed by atoms with van der Waals surface area (Å²) in [7, 11) is 0. The zero-order valence-corrected chi connectivity index (χ0v) is 14.8. The molecule has 0 bridgehead atoms. The van der Waals surface area contributed by atoms with Gasteiger partial charge in [0.1, 0.15) is 23.1 Å². The molecule has 0 aliphatic heterocycles. The Bertz CT molecular complexity index is 828. The number of carboxylic acid groups (broad SMARTS) is 1. The molecule has 1 aromatic heterocycles. The lowest BCUT2D eigenvalue weighted by molar-refractivity contribution is 0.0554. The standard InChI is InChI=1S/C18H17NO6S/c1-3-9-24-17(22)14-11(2)13(16(20)21)15(26-14)19-18(23)25-10-12-7-5-4-6-8-12/h3-8H,1,9-10H2,2H3,(H,19,23)(H,20,21). The van der Waals surface area contributed by atoms with Crippen LogP contribution in [0.5, 0.6) is 0 Å². The molecular weight excluding hydrogens is 358 g/mol. The highest BCUT2D eigenvalue weighted by Crippen LogP contribution is 2.33. The maximum atomic E-state index is 12.0. The molecule has 1 aromatic carbocycles. The minimum Gasteiger partial charge on any atom is -0.478 e. The first kappa shape index (κ1) is 19.2. The van der Waals surface area contributed by atoms with E-state index in [1.807, 2.05) is 18.2 Å². The molecule has 0 radical (unpaired) electrons. The number of amides is 1. The molecule has 0 aliphatic carbocycles. The number of hydrogen-bond acceptors (Lipinski definition) is 6. The second-order valence-corrected chi connectivity index (χ2v) is 6.16. The van der Waals surface area contributed by atoms with E-state index in [2.05, 4.69) is 11.9 Å². The van der Waals surface area contributed by atoms with E-state index in [1.54, 1.807) is 12.1 Å². The SMILES string of the molecule is C=CCOC(=O)c1sc(NC(=O)OCc2ccccc2)c(C(=O)O)c1C. The first-order valence-corrected chi connectivity index (χ1v) is 8.38. The molecule has 0 saturated carbocycles. The number of carbonyl (C=O) groups excluding carboxylic acids is 2. The molecule has 1 amide bonds. The van der Waals surface area contributed by atoms with Gasteiger partial charge < -0.3 is 14.6 Å². The first-order valence-electron chi connectivity index (χ1n) is 7.56. The summed E-state index contributed by atoms with van der Waals surface area (Å²) in [6, 6.07) is 9.04. The zero-order chi connectivity index (χ0) is 19.1. The van der Waals surface area contributed by atoms with Gasteiger partial charge in [0.15, 0.2) is 0 Å². The average Bonchev–Trinajstić information content (AvgIpc) is 2.95.